The average molecular weight is 308 g/mol. The van der Waals surface area contributed by atoms with Crippen LogP contribution in [0.15, 0.2) is 48.6 Å². The van der Waals surface area contributed by atoms with Crippen molar-refractivity contribution < 1.29 is 10.2 Å². The molecule has 0 bridgehead atoms. The number of hydrogen-bond donors (Lipinski definition) is 2. The third kappa shape index (κ3) is 3.48. The van der Waals surface area contributed by atoms with Crippen molar-refractivity contribution in [3.63, 3.8) is 0 Å². The summed E-state index contributed by atoms with van der Waals surface area (Å²) in [6.45, 7) is 8.15. The number of allylic oxidation sites excluding steroid dienone is 2. The molecule has 2 rings (SSSR count). The van der Waals surface area contributed by atoms with Crippen LogP contribution in [0.1, 0.15) is 49.9 Å². The van der Waals surface area contributed by atoms with Crippen molar-refractivity contribution in [1.29, 1.82) is 0 Å². The maximum absolute atomic E-state index is 9.96. The molecule has 2 heteroatoms. The highest BCUT2D eigenvalue weighted by Crippen LogP contribution is 2.36. The van der Waals surface area contributed by atoms with Crippen molar-refractivity contribution in [3.8, 4) is 11.5 Å². The van der Waals surface area contributed by atoms with Crippen LogP contribution in [0.2, 0.25) is 0 Å². The summed E-state index contributed by atoms with van der Waals surface area (Å²) in [6.07, 6.45) is 7.63. The van der Waals surface area contributed by atoms with Gasteiger partial charge >= 0.3 is 0 Å². The molecule has 0 aromatic heterocycles. The van der Waals surface area contributed by atoms with Crippen LogP contribution in [0.4, 0.5) is 0 Å². The highest BCUT2D eigenvalue weighted by atomic mass is 16.3. The molecule has 2 aromatic carbocycles. The van der Waals surface area contributed by atoms with E-state index >= 15 is 0 Å². The molecule has 0 saturated carbocycles. The average Bonchev–Trinajstić information content (AvgIpc) is 2.51. The molecule has 0 atom stereocenters. The van der Waals surface area contributed by atoms with Gasteiger partial charge in [-0.3, -0.25) is 0 Å². The van der Waals surface area contributed by atoms with Gasteiger partial charge in [0.1, 0.15) is 11.5 Å². The Bertz CT molecular complexity index is 689. The number of phenolic OH excluding ortho intramolecular Hbond substituents is 2. The first-order chi connectivity index (χ1) is 10.9. The second-order valence-corrected chi connectivity index (χ2v) is 6.17. The lowest BCUT2D eigenvalue weighted by Crippen LogP contribution is -2.19. The third-order valence-corrected chi connectivity index (χ3v) is 4.19. The van der Waals surface area contributed by atoms with Gasteiger partial charge in [-0.1, -0.05) is 50.3 Å². The molecule has 0 aliphatic heterocycles. The van der Waals surface area contributed by atoms with Gasteiger partial charge < -0.3 is 10.2 Å². The monoisotopic (exact) mass is 308 g/mol. The molecule has 0 spiro atoms. The van der Waals surface area contributed by atoms with Gasteiger partial charge in [-0.05, 0) is 49.2 Å². The minimum atomic E-state index is -0.242. The smallest absolute Gasteiger partial charge is 0.122 e. The summed E-state index contributed by atoms with van der Waals surface area (Å²) in [6, 6.07) is 11.4. The van der Waals surface area contributed by atoms with E-state index in [0.717, 1.165) is 22.3 Å². The van der Waals surface area contributed by atoms with Crippen molar-refractivity contribution >= 4 is 12.2 Å². The normalized spacial score (nSPS) is 12.3. The lowest BCUT2D eigenvalue weighted by Gasteiger charge is -2.27. The van der Waals surface area contributed by atoms with Crippen LogP contribution in [0.3, 0.4) is 0 Å². The fraction of sp³-hybridized carbons (Fsp3) is 0.238. The van der Waals surface area contributed by atoms with Crippen LogP contribution in [0.5, 0.6) is 11.5 Å². The van der Waals surface area contributed by atoms with Gasteiger partial charge in [-0.25, -0.2) is 0 Å². The van der Waals surface area contributed by atoms with Gasteiger partial charge in [-0.2, -0.15) is 0 Å². The van der Waals surface area contributed by atoms with E-state index in [-0.39, 0.29) is 16.9 Å². The van der Waals surface area contributed by atoms with E-state index in [4.69, 9.17) is 0 Å². The van der Waals surface area contributed by atoms with Crippen molar-refractivity contribution in [2.75, 3.05) is 0 Å². The number of hydrogen-bond acceptors (Lipinski definition) is 2. The Hall–Kier alpha value is -2.48. The summed E-state index contributed by atoms with van der Waals surface area (Å²) < 4.78 is 0. The standard InChI is InChI=1S/C21H24O2/c1-5-7-15-13-17(9-11-19(15)22)21(3,4)18-10-12-20(23)16(14-18)8-6-2/h5-14,22-23H,1-4H3/b7-5+,8-6+. The van der Waals surface area contributed by atoms with Gasteiger partial charge in [0.15, 0.2) is 0 Å². The first kappa shape index (κ1) is 16.9. The fourth-order valence-electron chi connectivity index (χ4n) is 2.68. The number of phenols is 2. The summed E-state index contributed by atoms with van der Waals surface area (Å²) in [7, 11) is 0. The SMILES string of the molecule is C/C=C/c1cc(C(C)(C)c2ccc(O)c(/C=C/C)c2)ccc1O. The third-order valence-electron chi connectivity index (χ3n) is 4.19. The quantitative estimate of drug-likeness (QED) is 0.784. The molecule has 0 amide bonds. The molecule has 2 nitrogen and oxygen atoms in total. The number of rotatable bonds is 4. The molecule has 0 saturated heterocycles. The van der Waals surface area contributed by atoms with E-state index in [0.29, 0.717) is 0 Å². The molecule has 0 heterocycles. The highest BCUT2D eigenvalue weighted by molar-refractivity contribution is 5.61. The van der Waals surface area contributed by atoms with E-state index in [1.54, 1.807) is 12.1 Å². The second kappa shape index (κ2) is 6.74. The predicted octanol–water partition coefficient (Wildman–Crippen LogP) is 5.49. The molecular formula is C21H24O2. The molecular weight excluding hydrogens is 284 g/mol. The van der Waals surface area contributed by atoms with Crippen LogP contribution in [-0.2, 0) is 5.41 Å². The minimum Gasteiger partial charge on any atom is -0.507 e. The van der Waals surface area contributed by atoms with Gasteiger partial charge in [-0.15, -0.1) is 0 Å². The Morgan fingerprint density at radius 1 is 0.739 bits per heavy atom. The summed E-state index contributed by atoms with van der Waals surface area (Å²) >= 11 is 0. The van der Waals surface area contributed by atoms with Gasteiger partial charge in [0.25, 0.3) is 0 Å². The predicted molar refractivity (Wildman–Crippen MR) is 97.8 cm³/mol. The molecule has 120 valence electrons. The molecule has 0 aliphatic carbocycles. The van der Waals surface area contributed by atoms with Crippen LogP contribution in [0.25, 0.3) is 12.2 Å². The van der Waals surface area contributed by atoms with Crippen molar-refractivity contribution in [2.24, 2.45) is 0 Å². The first-order valence-corrected chi connectivity index (χ1v) is 7.82. The zero-order valence-electron chi connectivity index (χ0n) is 14.2. The van der Waals surface area contributed by atoms with Crippen LogP contribution in [-0.4, -0.2) is 10.2 Å². The topological polar surface area (TPSA) is 40.5 Å². The zero-order valence-corrected chi connectivity index (χ0v) is 14.2. The van der Waals surface area contributed by atoms with E-state index in [1.807, 2.05) is 62.4 Å². The van der Waals surface area contributed by atoms with Gasteiger partial charge in [0.05, 0.1) is 0 Å². The fourth-order valence-corrected chi connectivity index (χ4v) is 2.68. The van der Waals surface area contributed by atoms with E-state index in [1.165, 1.54) is 0 Å². The number of benzene rings is 2. The van der Waals surface area contributed by atoms with Crippen molar-refractivity contribution in [3.05, 3.63) is 70.8 Å². The lowest BCUT2D eigenvalue weighted by molar-refractivity contribution is 0.472. The maximum Gasteiger partial charge on any atom is 0.122 e. The van der Waals surface area contributed by atoms with E-state index in [9.17, 15) is 10.2 Å². The summed E-state index contributed by atoms with van der Waals surface area (Å²) in [5.41, 5.74) is 3.60. The maximum atomic E-state index is 9.96. The highest BCUT2D eigenvalue weighted by Gasteiger charge is 2.24. The van der Waals surface area contributed by atoms with Crippen LogP contribution in [0, 0.1) is 0 Å². The Morgan fingerprint density at radius 3 is 1.48 bits per heavy atom. The Labute approximate surface area is 138 Å². The van der Waals surface area contributed by atoms with Gasteiger partial charge in [0.2, 0.25) is 0 Å². The van der Waals surface area contributed by atoms with E-state index in [2.05, 4.69) is 13.8 Å². The van der Waals surface area contributed by atoms with Crippen LogP contribution >= 0.6 is 0 Å². The van der Waals surface area contributed by atoms with Crippen molar-refractivity contribution in [1.82, 2.24) is 0 Å². The van der Waals surface area contributed by atoms with Crippen molar-refractivity contribution in [2.45, 2.75) is 33.1 Å². The Kier molecular flexibility index (Phi) is 4.95. The second-order valence-electron chi connectivity index (χ2n) is 6.17. The molecule has 2 aromatic rings. The zero-order chi connectivity index (χ0) is 17.0. The Balaban J connectivity index is 2.53. The first-order valence-electron chi connectivity index (χ1n) is 7.82. The summed E-state index contributed by atoms with van der Waals surface area (Å²) in [4.78, 5) is 0. The molecule has 0 radical (unpaired) electrons. The van der Waals surface area contributed by atoms with Gasteiger partial charge in [0, 0.05) is 16.5 Å². The molecule has 0 fully saturated rings. The molecule has 2 N–H and O–H groups in total. The van der Waals surface area contributed by atoms with Crippen LogP contribution < -0.4 is 0 Å². The largest absolute Gasteiger partial charge is 0.507 e. The summed E-state index contributed by atoms with van der Waals surface area (Å²) in [5.74, 6) is 0.561. The summed E-state index contributed by atoms with van der Waals surface area (Å²) in [5, 5.41) is 19.9. The molecule has 0 unspecified atom stereocenters. The lowest BCUT2D eigenvalue weighted by atomic mass is 9.77. The number of aromatic hydroxyl groups is 2. The van der Waals surface area contributed by atoms with E-state index < -0.39 is 0 Å². The minimum absolute atomic E-state index is 0.242. The molecule has 23 heavy (non-hydrogen) atoms. The Morgan fingerprint density at radius 2 is 1.13 bits per heavy atom. The molecule has 0 aliphatic rings.